The number of hydrogen-bond acceptors (Lipinski definition) is 3. The fourth-order valence-electron chi connectivity index (χ4n) is 1.55. The van der Waals surface area contributed by atoms with E-state index in [4.69, 9.17) is 4.74 Å². The van der Waals surface area contributed by atoms with Crippen LogP contribution in [0, 0.1) is 21.7 Å². The number of halogens is 3. The minimum absolute atomic E-state index is 0.0721. The largest absolute Gasteiger partial charge is 0.457 e. The minimum Gasteiger partial charge on any atom is -0.457 e. The highest BCUT2D eigenvalue weighted by atomic mass is 79.9. The quantitative estimate of drug-likeness (QED) is 0.464. The van der Waals surface area contributed by atoms with Crippen molar-refractivity contribution in [3.63, 3.8) is 0 Å². The van der Waals surface area contributed by atoms with Crippen LogP contribution in [0.5, 0.6) is 11.5 Å². The molecule has 0 saturated carbocycles. The van der Waals surface area contributed by atoms with Crippen LogP contribution in [0.1, 0.15) is 5.56 Å². The molecule has 4 nitrogen and oxygen atoms in total. The summed E-state index contributed by atoms with van der Waals surface area (Å²) < 4.78 is 31.3. The zero-order valence-electron chi connectivity index (χ0n) is 9.98. The lowest BCUT2D eigenvalue weighted by Gasteiger charge is -2.09. The summed E-state index contributed by atoms with van der Waals surface area (Å²) in [7, 11) is 0. The molecule has 0 unspecified atom stereocenters. The van der Waals surface area contributed by atoms with Crippen molar-refractivity contribution in [3.8, 4) is 11.5 Å². The SMILES string of the molecule is O=[N+]([O-])c1ccc(Oc2ccc(F)c(F)c2)c(CBr)c1. The lowest BCUT2D eigenvalue weighted by Crippen LogP contribution is -1.94. The Morgan fingerprint density at radius 3 is 2.50 bits per heavy atom. The Morgan fingerprint density at radius 1 is 1.15 bits per heavy atom. The van der Waals surface area contributed by atoms with E-state index in [1.807, 2.05) is 0 Å². The van der Waals surface area contributed by atoms with E-state index in [-0.39, 0.29) is 11.4 Å². The van der Waals surface area contributed by atoms with Gasteiger partial charge in [0.15, 0.2) is 11.6 Å². The van der Waals surface area contributed by atoms with Gasteiger partial charge in [0.05, 0.1) is 4.92 Å². The van der Waals surface area contributed by atoms with Crippen LogP contribution in [0.25, 0.3) is 0 Å². The maximum atomic E-state index is 13.1. The third-order valence-electron chi connectivity index (χ3n) is 2.52. The molecule has 0 atom stereocenters. The molecule has 0 saturated heterocycles. The number of nitro groups is 1. The summed E-state index contributed by atoms with van der Waals surface area (Å²) in [6.07, 6.45) is 0. The van der Waals surface area contributed by atoms with Gasteiger partial charge in [-0.15, -0.1) is 0 Å². The van der Waals surface area contributed by atoms with Crippen LogP contribution in [-0.2, 0) is 5.33 Å². The molecular weight excluding hydrogens is 336 g/mol. The first-order chi connectivity index (χ1) is 9.51. The Balaban J connectivity index is 2.32. The monoisotopic (exact) mass is 343 g/mol. The first-order valence-electron chi connectivity index (χ1n) is 5.47. The van der Waals surface area contributed by atoms with E-state index in [0.29, 0.717) is 16.6 Å². The van der Waals surface area contributed by atoms with Gasteiger partial charge in [0.25, 0.3) is 5.69 Å². The minimum atomic E-state index is -1.02. The smallest absolute Gasteiger partial charge is 0.270 e. The molecule has 2 aromatic carbocycles. The highest BCUT2D eigenvalue weighted by Crippen LogP contribution is 2.30. The van der Waals surface area contributed by atoms with E-state index < -0.39 is 16.6 Å². The van der Waals surface area contributed by atoms with Crippen molar-refractivity contribution in [3.05, 3.63) is 63.7 Å². The van der Waals surface area contributed by atoms with Gasteiger partial charge in [-0.1, -0.05) is 15.9 Å². The number of hydrogen-bond donors (Lipinski definition) is 0. The van der Waals surface area contributed by atoms with Gasteiger partial charge in [0.2, 0.25) is 0 Å². The average Bonchev–Trinajstić information content (AvgIpc) is 2.43. The molecular formula is C13H8BrF2NO3. The summed E-state index contributed by atoms with van der Waals surface area (Å²) in [5.41, 5.74) is 0.459. The first kappa shape index (κ1) is 14.4. The normalized spacial score (nSPS) is 10.3. The number of rotatable bonds is 4. The topological polar surface area (TPSA) is 52.4 Å². The molecule has 0 N–H and O–H groups in total. The van der Waals surface area contributed by atoms with Crippen LogP contribution >= 0.6 is 15.9 Å². The predicted octanol–water partition coefficient (Wildman–Crippen LogP) is 4.56. The van der Waals surface area contributed by atoms with Crippen LogP contribution in [0.15, 0.2) is 36.4 Å². The second-order valence-electron chi connectivity index (χ2n) is 3.86. The molecule has 104 valence electrons. The first-order valence-corrected chi connectivity index (χ1v) is 6.59. The van der Waals surface area contributed by atoms with Gasteiger partial charge in [-0.3, -0.25) is 10.1 Å². The van der Waals surface area contributed by atoms with Crippen LogP contribution in [0.3, 0.4) is 0 Å². The van der Waals surface area contributed by atoms with E-state index in [1.165, 1.54) is 24.3 Å². The van der Waals surface area contributed by atoms with Crippen molar-refractivity contribution < 1.29 is 18.4 Å². The second-order valence-corrected chi connectivity index (χ2v) is 4.42. The zero-order valence-corrected chi connectivity index (χ0v) is 11.6. The Kier molecular flexibility index (Phi) is 4.29. The van der Waals surface area contributed by atoms with E-state index in [0.717, 1.165) is 12.1 Å². The fraction of sp³-hybridized carbons (Fsp3) is 0.0769. The number of nitro benzene ring substituents is 1. The van der Waals surface area contributed by atoms with Gasteiger partial charge in [0, 0.05) is 29.1 Å². The Bertz CT molecular complexity index is 664. The molecule has 7 heteroatoms. The van der Waals surface area contributed by atoms with E-state index in [2.05, 4.69) is 15.9 Å². The maximum Gasteiger partial charge on any atom is 0.270 e. The molecule has 2 rings (SSSR count). The van der Waals surface area contributed by atoms with Crippen molar-refractivity contribution in [1.82, 2.24) is 0 Å². The third kappa shape index (κ3) is 3.11. The summed E-state index contributed by atoms with van der Waals surface area (Å²) in [5.74, 6) is -1.55. The van der Waals surface area contributed by atoms with Crippen LogP contribution in [0.4, 0.5) is 14.5 Å². The van der Waals surface area contributed by atoms with Crippen molar-refractivity contribution in [2.24, 2.45) is 0 Å². The van der Waals surface area contributed by atoms with Crippen molar-refractivity contribution in [2.75, 3.05) is 0 Å². The third-order valence-corrected chi connectivity index (χ3v) is 3.12. The zero-order chi connectivity index (χ0) is 14.7. The highest BCUT2D eigenvalue weighted by molar-refractivity contribution is 9.08. The molecule has 20 heavy (non-hydrogen) atoms. The molecule has 0 amide bonds. The number of benzene rings is 2. The molecule has 2 aromatic rings. The van der Waals surface area contributed by atoms with Crippen LogP contribution in [0.2, 0.25) is 0 Å². The van der Waals surface area contributed by atoms with Gasteiger partial charge in [-0.05, 0) is 18.2 Å². The van der Waals surface area contributed by atoms with Gasteiger partial charge in [0.1, 0.15) is 11.5 Å². The molecule has 0 heterocycles. The number of alkyl halides is 1. The number of nitrogens with zero attached hydrogens (tertiary/aromatic N) is 1. The van der Waals surface area contributed by atoms with Gasteiger partial charge >= 0.3 is 0 Å². The lowest BCUT2D eigenvalue weighted by molar-refractivity contribution is -0.384. The molecule has 0 aliphatic heterocycles. The maximum absolute atomic E-state index is 13.1. The van der Waals surface area contributed by atoms with Crippen molar-refractivity contribution >= 4 is 21.6 Å². The van der Waals surface area contributed by atoms with Crippen molar-refractivity contribution in [1.29, 1.82) is 0 Å². The Hall–Kier alpha value is -2.02. The molecule has 0 spiro atoms. The number of ether oxygens (including phenoxy) is 1. The molecule has 0 aromatic heterocycles. The van der Waals surface area contributed by atoms with Crippen LogP contribution in [-0.4, -0.2) is 4.92 Å². The molecule has 0 radical (unpaired) electrons. The molecule has 0 fully saturated rings. The summed E-state index contributed by atoms with van der Waals surface area (Å²) >= 11 is 3.19. The summed E-state index contributed by atoms with van der Waals surface area (Å²) in [4.78, 5) is 10.2. The number of non-ortho nitro benzene ring substituents is 1. The fourth-order valence-corrected chi connectivity index (χ4v) is 1.99. The Morgan fingerprint density at radius 2 is 1.90 bits per heavy atom. The second kappa shape index (κ2) is 5.96. The molecule has 0 bridgehead atoms. The van der Waals surface area contributed by atoms with E-state index in [9.17, 15) is 18.9 Å². The lowest BCUT2D eigenvalue weighted by atomic mass is 10.2. The molecule has 0 aliphatic carbocycles. The van der Waals surface area contributed by atoms with Crippen molar-refractivity contribution in [2.45, 2.75) is 5.33 Å². The van der Waals surface area contributed by atoms with Gasteiger partial charge < -0.3 is 4.74 Å². The van der Waals surface area contributed by atoms with Gasteiger partial charge in [-0.25, -0.2) is 8.78 Å². The van der Waals surface area contributed by atoms with Gasteiger partial charge in [-0.2, -0.15) is 0 Å². The average molecular weight is 344 g/mol. The predicted molar refractivity (Wildman–Crippen MR) is 72.2 cm³/mol. The van der Waals surface area contributed by atoms with E-state index in [1.54, 1.807) is 0 Å². The Labute approximate surface area is 121 Å². The standard InChI is InChI=1S/C13H8BrF2NO3/c14-7-8-5-9(17(18)19)1-4-13(8)20-10-2-3-11(15)12(16)6-10/h1-6H,7H2. The summed E-state index contributed by atoms with van der Waals surface area (Å²) in [5, 5.41) is 11.0. The highest BCUT2D eigenvalue weighted by Gasteiger charge is 2.12. The van der Waals surface area contributed by atoms with Crippen LogP contribution < -0.4 is 4.74 Å². The summed E-state index contributed by atoms with van der Waals surface area (Å²) in [6, 6.07) is 7.18. The van der Waals surface area contributed by atoms with E-state index >= 15 is 0 Å². The summed E-state index contributed by atoms with van der Waals surface area (Å²) in [6.45, 7) is 0. The molecule has 0 aliphatic rings.